The van der Waals surface area contributed by atoms with E-state index in [4.69, 9.17) is 28.9 Å². The summed E-state index contributed by atoms with van der Waals surface area (Å²) in [5.74, 6) is 0.733. The van der Waals surface area contributed by atoms with E-state index in [1.54, 1.807) is 0 Å². The first-order valence-electron chi connectivity index (χ1n) is 6.21. The molecule has 17 heavy (non-hydrogen) atoms. The molecule has 1 aromatic rings. The lowest BCUT2D eigenvalue weighted by Gasteiger charge is -2.37. The summed E-state index contributed by atoms with van der Waals surface area (Å²) >= 11 is 12.0. The Morgan fingerprint density at radius 2 is 2.12 bits per heavy atom. The summed E-state index contributed by atoms with van der Waals surface area (Å²) in [6.07, 6.45) is 5.65. The summed E-state index contributed by atoms with van der Waals surface area (Å²) in [6, 6.07) is 5.83. The van der Waals surface area contributed by atoms with Crippen molar-refractivity contribution >= 4 is 23.2 Å². The molecular formula is C14H19Cl2N. The minimum Gasteiger partial charge on any atom is -0.325 e. The smallest absolute Gasteiger partial charge is 0.0595 e. The average Bonchev–Trinajstić information content (AvgIpc) is 2.22. The number of nitrogens with two attached hydrogens (primary N) is 1. The number of hydrogen-bond acceptors (Lipinski definition) is 1. The molecule has 94 valence electrons. The minimum atomic E-state index is -0.0607. The van der Waals surface area contributed by atoms with Crippen molar-refractivity contribution < 1.29 is 0 Å². The Labute approximate surface area is 113 Å². The number of rotatable bonds is 2. The predicted octanol–water partition coefficient (Wildman–Crippen LogP) is 4.44. The minimum absolute atomic E-state index is 0.0607. The van der Waals surface area contributed by atoms with Crippen molar-refractivity contribution in [2.75, 3.05) is 0 Å². The Morgan fingerprint density at radius 3 is 2.76 bits per heavy atom. The molecule has 0 bridgehead atoms. The lowest BCUT2D eigenvalue weighted by molar-refractivity contribution is 0.235. The molecule has 3 heteroatoms. The first-order valence-corrected chi connectivity index (χ1v) is 6.97. The molecule has 0 aliphatic heterocycles. The van der Waals surface area contributed by atoms with E-state index in [9.17, 15) is 0 Å². The van der Waals surface area contributed by atoms with E-state index in [2.05, 4.69) is 6.92 Å². The third kappa shape index (κ3) is 3.37. The SMILES string of the molecule is CC1CCCC(N)(Cc2ccc(Cl)c(Cl)c2)C1. The van der Waals surface area contributed by atoms with E-state index in [0.29, 0.717) is 10.0 Å². The van der Waals surface area contributed by atoms with Gasteiger partial charge in [0, 0.05) is 5.54 Å². The van der Waals surface area contributed by atoms with Crippen LogP contribution in [0.25, 0.3) is 0 Å². The van der Waals surface area contributed by atoms with Crippen LogP contribution in [0.3, 0.4) is 0 Å². The van der Waals surface area contributed by atoms with Gasteiger partial charge in [0.05, 0.1) is 10.0 Å². The quantitative estimate of drug-likeness (QED) is 0.846. The number of benzene rings is 1. The molecule has 0 saturated heterocycles. The summed E-state index contributed by atoms with van der Waals surface area (Å²) in [7, 11) is 0. The Hall–Kier alpha value is -0.240. The average molecular weight is 272 g/mol. The standard InChI is InChI=1S/C14H19Cl2N/c1-10-3-2-6-14(17,8-10)9-11-4-5-12(15)13(16)7-11/h4-5,7,10H,2-3,6,8-9,17H2,1H3. The Bertz CT molecular complexity index is 405. The Morgan fingerprint density at radius 1 is 1.35 bits per heavy atom. The highest BCUT2D eigenvalue weighted by atomic mass is 35.5. The first-order chi connectivity index (χ1) is 7.98. The van der Waals surface area contributed by atoms with Crippen molar-refractivity contribution in [3.63, 3.8) is 0 Å². The molecule has 1 nitrogen and oxygen atoms in total. The van der Waals surface area contributed by atoms with Crippen LogP contribution in [0.4, 0.5) is 0 Å². The maximum absolute atomic E-state index is 6.49. The van der Waals surface area contributed by atoms with Gasteiger partial charge in [-0.05, 0) is 42.9 Å². The van der Waals surface area contributed by atoms with Crippen LogP contribution >= 0.6 is 23.2 Å². The summed E-state index contributed by atoms with van der Waals surface area (Å²) in [4.78, 5) is 0. The summed E-state index contributed by atoms with van der Waals surface area (Å²) in [5.41, 5.74) is 7.62. The molecule has 0 radical (unpaired) electrons. The van der Waals surface area contributed by atoms with Crippen LogP contribution in [-0.4, -0.2) is 5.54 Å². The van der Waals surface area contributed by atoms with Crippen LogP contribution in [0.15, 0.2) is 18.2 Å². The van der Waals surface area contributed by atoms with Gasteiger partial charge in [-0.15, -0.1) is 0 Å². The second-order valence-corrected chi connectivity index (χ2v) is 6.30. The molecule has 0 heterocycles. The predicted molar refractivity (Wildman–Crippen MR) is 74.7 cm³/mol. The third-order valence-electron chi connectivity index (χ3n) is 3.67. The van der Waals surface area contributed by atoms with E-state index in [0.717, 1.165) is 25.2 Å². The van der Waals surface area contributed by atoms with E-state index in [1.807, 2.05) is 18.2 Å². The van der Waals surface area contributed by atoms with E-state index in [1.165, 1.54) is 18.4 Å². The summed E-state index contributed by atoms with van der Waals surface area (Å²) in [5, 5.41) is 1.23. The van der Waals surface area contributed by atoms with Crippen molar-refractivity contribution in [2.24, 2.45) is 11.7 Å². The molecule has 2 unspecified atom stereocenters. The molecule has 2 N–H and O–H groups in total. The zero-order valence-electron chi connectivity index (χ0n) is 10.2. The number of hydrogen-bond donors (Lipinski definition) is 1. The highest BCUT2D eigenvalue weighted by molar-refractivity contribution is 6.42. The maximum atomic E-state index is 6.49. The molecule has 2 atom stereocenters. The fourth-order valence-corrected chi connectivity index (χ4v) is 3.24. The second-order valence-electron chi connectivity index (χ2n) is 5.49. The molecule has 0 aromatic heterocycles. The maximum Gasteiger partial charge on any atom is 0.0595 e. The summed E-state index contributed by atoms with van der Waals surface area (Å²) < 4.78 is 0. The normalized spacial score (nSPS) is 29.3. The van der Waals surface area contributed by atoms with Crippen LogP contribution in [0.1, 0.15) is 38.2 Å². The highest BCUT2D eigenvalue weighted by Crippen LogP contribution is 2.34. The zero-order chi connectivity index (χ0) is 12.5. The van der Waals surface area contributed by atoms with Crippen LogP contribution in [0, 0.1) is 5.92 Å². The molecule has 0 amide bonds. The van der Waals surface area contributed by atoms with Gasteiger partial charge in [0.25, 0.3) is 0 Å². The van der Waals surface area contributed by atoms with E-state index in [-0.39, 0.29) is 5.54 Å². The first kappa shape index (κ1) is 13.2. The number of halogens is 2. The fraction of sp³-hybridized carbons (Fsp3) is 0.571. The lowest BCUT2D eigenvalue weighted by atomic mass is 9.74. The van der Waals surface area contributed by atoms with Crippen LogP contribution in [0.5, 0.6) is 0 Å². The van der Waals surface area contributed by atoms with Gasteiger partial charge in [0.2, 0.25) is 0 Å². The highest BCUT2D eigenvalue weighted by Gasteiger charge is 2.31. The van der Waals surface area contributed by atoms with Crippen molar-refractivity contribution in [2.45, 2.75) is 44.6 Å². The van der Waals surface area contributed by atoms with Crippen molar-refractivity contribution in [1.29, 1.82) is 0 Å². The molecule has 1 aliphatic carbocycles. The molecule has 2 rings (SSSR count). The van der Waals surface area contributed by atoms with Crippen LogP contribution < -0.4 is 5.73 Å². The van der Waals surface area contributed by atoms with Gasteiger partial charge < -0.3 is 5.73 Å². The summed E-state index contributed by atoms with van der Waals surface area (Å²) in [6.45, 7) is 2.29. The van der Waals surface area contributed by atoms with E-state index < -0.39 is 0 Å². The molecule has 1 saturated carbocycles. The Balaban J connectivity index is 2.11. The molecule has 1 fully saturated rings. The van der Waals surface area contributed by atoms with Gasteiger partial charge >= 0.3 is 0 Å². The monoisotopic (exact) mass is 271 g/mol. The molecular weight excluding hydrogens is 253 g/mol. The van der Waals surface area contributed by atoms with Gasteiger partial charge in [-0.1, -0.05) is 49.0 Å². The third-order valence-corrected chi connectivity index (χ3v) is 4.41. The molecule has 0 spiro atoms. The van der Waals surface area contributed by atoms with Crippen molar-refractivity contribution in [3.05, 3.63) is 33.8 Å². The fourth-order valence-electron chi connectivity index (χ4n) is 2.92. The Kier molecular flexibility index (Phi) is 4.02. The van der Waals surface area contributed by atoms with E-state index >= 15 is 0 Å². The zero-order valence-corrected chi connectivity index (χ0v) is 11.7. The van der Waals surface area contributed by atoms with Gasteiger partial charge in [-0.25, -0.2) is 0 Å². The van der Waals surface area contributed by atoms with Gasteiger partial charge in [-0.2, -0.15) is 0 Å². The van der Waals surface area contributed by atoms with Crippen LogP contribution in [0.2, 0.25) is 10.0 Å². The lowest BCUT2D eigenvalue weighted by Crippen LogP contribution is -2.45. The topological polar surface area (TPSA) is 26.0 Å². The van der Waals surface area contributed by atoms with Gasteiger partial charge in [0.15, 0.2) is 0 Å². The molecule has 1 aromatic carbocycles. The van der Waals surface area contributed by atoms with Crippen LogP contribution in [-0.2, 0) is 6.42 Å². The second kappa shape index (κ2) is 5.17. The van der Waals surface area contributed by atoms with Gasteiger partial charge in [-0.3, -0.25) is 0 Å². The largest absolute Gasteiger partial charge is 0.325 e. The van der Waals surface area contributed by atoms with Gasteiger partial charge in [0.1, 0.15) is 0 Å². The van der Waals surface area contributed by atoms with Crippen molar-refractivity contribution in [1.82, 2.24) is 0 Å². The molecule has 1 aliphatic rings. The van der Waals surface area contributed by atoms with Crippen molar-refractivity contribution in [3.8, 4) is 0 Å².